The van der Waals surface area contributed by atoms with E-state index in [1.807, 2.05) is 6.92 Å². The number of carbonyl (C=O) groups excluding carboxylic acids is 1. The molecule has 0 radical (unpaired) electrons. The van der Waals surface area contributed by atoms with Crippen molar-refractivity contribution in [1.29, 1.82) is 0 Å². The van der Waals surface area contributed by atoms with E-state index in [1.54, 1.807) is 13.8 Å². The number of carboxylic acids is 1. The van der Waals surface area contributed by atoms with Crippen LogP contribution in [0, 0.1) is 24.5 Å². The van der Waals surface area contributed by atoms with Gasteiger partial charge in [-0.25, -0.2) is 8.78 Å². The zero-order valence-corrected chi connectivity index (χ0v) is 16.2. The number of rotatable bonds is 5. The third-order valence-corrected chi connectivity index (χ3v) is 5.41. The van der Waals surface area contributed by atoms with Crippen molar-refractivity contribution in [2.75, 3.05) is 0 Å². The summed E-state index contributed by atoms with van der Waals surface area (Å²) < 4.78 is 28.6. The Balaban J connectivity index is 2.35. The SMILES string of the molecule is CCC(C)[C@H](C(=O)O)c1c(C)n(C(=O)c2ccc(F)cc2)c2cc(F)c(O)cc12. The predicted octanol–water partition coefficient (Wildman–Crippen LogP) is 4.84. The molecule has 0 saturated heterocycles. The van der Waals surface area contributed by atoms with Gasteiger partial charge in [-0.1, -0.05) is 20.3 Å². The van der Waals surface area contributed by atoms with Gasteiger partial charge in [-0.05, 0) is 48.7 Å². The molecule has 1 unspecified atom stereocenters. The van der Waals surface area contributed by atoms with Crippen LogP contribution in [0.4, 0.5) is 8.78 Å². The third-order valence-electron chi connectivity index (χ3n) is 5.41. The Kier molecular flexibility index (Phi) is 5.42. The van der Waals surface area contributed by atoms with Crippen molar-refractivity contribution >= 4 is 22.8 Å². The molecule has 2 N–H and O–H groups in total. The van der Waals surface area contributed by atoms with Crippen molar-refractivity contribution in [2.24, 2.45) is 5.92 Å². The third kappa shape index (κ3) is 3.48. The van der Waals surface area contributed by atoms with Crippen molar-refractivity contribution in [3.8, 4) is 5.75 Å². The lowest BCUT2D eigenvalue weighted by Gasteiger charge is -2.20. The summed E-state index contributed by atoms with van der Waals surface area (Å²) in [6.45, 7) is 5.23. The summed E-state index contributed by atoms with van der Waals surface area (Å²) in [7, 11) is 0. The number of aromatic nitrogens is 1. The molecule has 3 rings (SSSR count). The maximum Gasteiger partial charge on any atom is 0.311 e. The van der Waals surface area contributed by atoms with E-state index in [2.05, 4.69) is 0 Å². The largest absolute Gasteiger partial charge is 0.505 e. The number of fused-ring (bicyclic) bond motifs is 1. The average Bonchev–Trinajstić information content (AvgIpc) is 2.93. The lowest BCUT2D eigenvalue weighted by molar-refractivity contribution is -0.140. The first-order chi connectivity index (χ1) is 13.7. The fraction of sp³-hybridized carbons (Fsp3) is 0.273. The van der Waals surface area contributed by atoms with Crippen molar-refractivity contribution in [3.63, 3.8) is 0 Å². The van der Waals surface area contributed by atoms with E-state index >= 15 is 0 Å². The molecule has 1 aromatic heterocycles. The Labute approximate surface area is 166 Å². The molecule has 5 nitrogen and oxygen atoms in total. The quantitative estimate of drug-likeness (QED) is 0.641. The Morgan fingerprint density at radius 3 is 2.31 bits per heavy atom. The van der Waals surface area contributed by atoms with E-state index in [0.717, 1.165) is 24.3 Å². The van der Waals surface area contributed by atoms with Gasteiger partial charge in [0.25, 0.3) is 5.91 Å². The second-order valence-corrected chi connectivity index (χ2v) is 7.17. The van der Waals surface area contributed by atoms with Gasteiger partial charge in [0.15, 0.2) is 11.6 Å². The molecule has 2 atom stereocenters. The van der Waals surface area contributed by atoms with E-state index in [-0.39, 0.29) is 17.0 Å². The molecule has 152 valence electrons. The van der Waals surface area contributed by atoms with Gasteiger partial charge >= 0.3 is 5.97 Å². The van der Waals surface area contributed by atoms with E-state index in [1.165, 1.54) is 16.7 Å². The van der Waals surface area contributed by atoms with Gasteiger partial charge in [0, 0.05) is 22.7 Å². The molecule has 3 aromatic rings. The number of carbonyl (C=O) groups is 2. The number of phenols is 1. The van der Waals surface area contributed by atoms with Crippen LogP contribution in [0.15, 0.2) is 36.4 Å². The predicted molar refractivity (Wildman–Crippen MR) is 104 cm³/mol. The maximum absolute atomic E-state index is 14.1. The number of halogens is 2. The summed E-state index contributed by atoms with van der Waals surface area (Å²) in [4.78, 5) is 25.2. The molecule has 1 heterocycles. The summed E-state index contributed by atoms with van der Waals surface area (Å²) in [5.41, 5.74) is 1.01. The van der Waals surface area contributed by atoms with Crippen LogP contribution >= 0.6 is 0 Å². The minimum atomic E-state index is -1.07. The molecule has 0 spiro atoms. The number of hydrogen-bond acceptors (Lipinski definition) is 3. The minimum absolute atomic E-state index is 0.150. The highest BCUT2D eigenvalue weighted by Gasteiger charge is 2.33. The van der Waals surface area contributed by atoms with Crippen LogP contribution in [-0.4, -0.2) is 26.7 Å². The molecule has 0 aliphatic rings. The molecule has 0 aliphatic carbocycles. The lowest BCUT2D eigenvalue weighted by Crippen LogP contribution is -2.21. The zero-order chi connectivity index (χ0) is 21.5. The fourth-order valence-corrected chi connectivity index (χ4v) is 3.71. The number of hydrogen-bond donors (Lipinski definition) is 2. The van der Waals surface area contributed by atoms with Gasteiger partial charge in [-0.2, -0.15) is 0 Å². The fourth-order valence-electron chi connectivity index (χ4n) is 3.71. The summed E-state index contributed by atoms with van der Waals surface area (Å²) in [6, 6.07) is 7.06. The second kappa shape index (κ2) is 7.66. The van der Waals surface area contributed by atoms with Crippen LogP contribution in [0.5, 0.6) is 5.75 Å². The highest BCUT2D eigenvalue weighted by atomic mass is 19.1. The molecule has 29 heavy (non-hydrogen) atoms. The van der Waals surface area contributed by atoms with Gasteiger partial charge in [-0.15, -0.1) is 0 Å². The first-order valence-electron chi connectivity index (χ1n) is 9.23. The molecule has 0 amide bonds. The first-order valence-corrected chi connectivity index (χ1v) is 9.23. The van der Waals surface area contributed by atoms with Gasteiger partial charge in [0.2, 0.25) is 0 Å². The van der Waals surface area contributed by atoms with Crippen molar-refractivity contribution in [2.45, 2.75) is 33.1 Å². The normalized spacial score (nSPS) is 13.4. The van der Waals surface area contributed by atoms with Gasteiger partial charge in [-0.3, -0.25) is 14.2 Å². The van der Waals surface area contributed by atoms with Crippen LogP contribution in [0.25, 0.3) is 10.9 Å². The molecular formula is C22H21F2NO4. The first kappa shape index (κ1) is 20.5. The summed E-state index contributed by atoms with van der Waals surface area (Å²) >= 11 is 0. The zero-order valence-electron chi connectivity index (χ0n) is 16.2. The van der Waals surface area contributed by atoms with E-state index in [0.29, 0.717) is 23.1 Å². The minimum Gasteiger partial charge on any atom is -0.505 e. The number of carboxylic acid groups (broad SMARTS) is 1. The van der Waals surface area contributed by atoms with Crippen LogP contribution in [0.1, 0.15) is 47.8 Å². The standard InChI is InChI=1S/C22H21F2NO4/c1-4-11(2)19(22(28)29)20-12(3)25(17-10-16(24)18(26)9-15(17)20)21(27)13-5-7-14(23)8-6-13/h5-11,19,26H,4H2,1-3H3,(H,28,29)/t11?,19-/m0/s1. The second-order valence-electron chi connectivity index (χ2n) is 7.17. The monoisotopic (exact) mass is 401 g/mol. The molecule has 0 aliphatic heterocycles. The van der Waals surface area contributed by atoms with Crippen LogP contribution in [0.3, 0.4) is 0 Å². The van der Waals surface area contributed by atoms with Crippen LogP contribution in [-0.2, 0) is 4.79 Å². The Morgan fingerprint density at radius 1 is 1.14 bits per heavy atom. The maximum atomic E-state index is 14.1. The molecule has 0 fully saturated rings. The van der Waals surface area contributed by atoms with Gasteiger partial charge in [0.05, 0.1) is 11.4 Å². The molecule has 7 heteroatoms. The van der Waals surface area contributed by atoms with Gasteiger partial charge in [0.1, 0.15) is 5.82 Å². The smallest absolute Gasteiger partial charge is 0.311 e. The molecule has 0 bridgehead atoms. The molecule has 2 aromatic carbocycles. The van der Waals surface area contributed by atoms with Crippen LogP contribution < -0.4 is 0 Å². The van der Waals surface area contributed by atoms with Crippen LogP contribution in [0.2, 0.25) is 0 Å². The lowest BCUT2D eigenvalue weighted by atomic mass is 9.84. The number of benzene rings is 2. The topological polar surface area (TPSA) is 79.5 Å². The number of phenolic OH excluding ortho intramolecular Hbond substituents is 1. The van der Waals surface area contributed by atoms with E-state index in [4.69, 9.17) is 0 Å². The van der Waals surface area contributed by atoms with Crippen molar-refractivity contribution < 1.29 is 28.6 Å². The highest BCUT2D eigenvalue weighted by molar-refractivity contribution is 6.05. The number of nitrogens with zero attached hydrogens (tertiary/aromatic N) is 1. The highest BCUT2D eigenvalue weighted by Crippen LogP contribution is 2.39. The Morgan fingerprint density at radius 2 is 1.76 bits per heavy atom. The summed E-state index contributed by atoms with van der Waals surface area (Å²) in [6.07, 6.45) is 0.572. The average molecular weight is 401 g/mol. The Bertz CT molecular complexity index is 1100. The van der Waals surface area contributed by atoms with E-state index in [9.17, 15) is 28.6 Å². The van der Waals surface area contributed by atoms with Crippen molar-refractivity contribution in [3.05, 3.63) is 64.9 Å². The van der Waals surface area contributed by atoms with Crippen molar-refractivity contribution in [1.82, 2.24) is 4.57 Å². The number of aromatic hydroxyl groups is 1. The molecule has 0 saturated carbocycles. The molecular weight excluding hydrogens is 380 g/mol. The van der Waals surface area contributed by atoms with E-state index < -0.39 is 35.2 Å². The summed E-state index contributed by atoms with van der Waals surface area (Å²) in [5, 5.41) is 20.0. The van der Waals surface area contributed by atoms with Gasteiger partial charge < -0.3 is 10.2 Å². The number of aliphatic carboxylic acids is 1. The Hall–Kier alpha value is -3.22. The summed E-state index contributed by atoms with van der Waals surface area (Å²) in [5.74, 6) is -4.89.